The molecule has 0 aromatic heterocycles. The van der Waals surface area contributed by atoms with Crippen molar-refractivity contribution in [2.45, 2.75) is 161 Å². The van der Waals surface area contributed by atoms with E-state index < -0.39 is 6.10 Å². The van der Waals surface area contributed by atoms with Crippen LogP contribution in [0.15, 0.2) is 36.5 Å². The van der Waals surface area contributed by atoms with Gasteiger partial charge in [-0.05, 0) is 51.4 Å². The quantitative estimate of drug-likeness (QED) is 0.0434. The summed E-state index contributed by atoms with van der Waals surface area (Å²) >= 11 is 0. The SMILES string of the molecule is CCCCC/C=C\C/C=C\CC1OC1C/C=C\CCCC(=O)OC[C@H](O)COC(=O)CCCCCCCCCCC. The standard InChI is InChI=1S/C35H60O6/c1-3-5-7-9-11-13-15-17-21-25-32-33(41-32)26-22-19-20-24-28-35(38)40-30-31(36)29-39-34(37)27-23-18-16-14-12-10-8-6-4-2/h11,13,17,19,21-22,31-33,36H,3-10,12,14-16,18,20,23-30H2,1-2H3/b13-11-,21-17-,22-19-/t31-,32?,33?/m1/s1. The number of esters is 2. The molecule has 1 N–H and O–H groups in total. The number of ether oxygens (including phenoxy) is 3. The highest BCUT2D eigenvalue weighted by atomic mass is 16.6. The zero-order chi connectivity index (χ0) is 29.8. The van der Waals surface area contributed by atoms with Gasteiger partial charge in [0.25, 0.3) is 0 Å². The van der Waals surface area contributed by atoms with Crippen molar-refractivity contribution in [3.05, 3.63) is 36.5 Å². The Morgan fingerprint density at radius 2 is 1.10 bits per heavy atom. The zero-order valence-electron chi connectivity index (χ0n) is 26.2. The fourth-order valence-electron chi connectivity index (χ4n) is 4.59. The van der Waals surface area contributed by atoms with Crippen LogP contribution in [-0.2, 0) is 23.8 Å². The molecule has 0 aliphatic carbocycles. The summed E-state index contributed by atoms with van der Waals surface area (Å²) in [4.78, 5) is 23.7. The third kappa shape index (κ3) is 24.4. The van der Waals surface area contributed by atoms with Crippen molar-refractivity contribution in [3.63, 3.8) is 0 Å². The predicted molar refractivity (Wildman–Crippen MR) is 168 cm³/mol. The molecule has 1 heterocycles. The second-order valence-corrected chi connectivity index (χ2v) is 11.3. The van der Waals surface area contributed by atoms with Gasteiger partial charge in [-0.15, -0.1) is 0 Å². The first kappa shape index (κ1) is 37.1. The second-order valence-electron chi connectivity index (χ2n) is 11.3. The van der Waals surface area contributed by atoms with Crippen molar-refractivity contribution in [3.8, 4) is 0 Å². The van der Waals surface area contributed by atoms with Gasteiger partial charge in [0.1, 0.15) is 19.3 Å². The van der Waals surface area contributed by atoms with E-state index in [0.29, 0.717) is 31.5 Å². The van der Waals surface area contributed by atoms with Gasteiger partial charge in [-0.3, -0.25) is 9.59 Å². The van der Waals surface area contributed by atoms with E-state index in [1.54, 1.807) is 0 Å². The Morgan fingerprint density at radius 1 is 0.634 bits per heavy atom. The average Bonchev–Trinajstić information content (AvgIpc) is 3.72. The molecule has 1 aliphatic heterocycles. The maximum absolute atomic E-state index is 11.9. The highest BCUT2D eigenvalue weighted by Gasteiger charge is 2.35. The first-order chi connectivity index (χ1) is 20.1. The summed E-state index contributed by atoms with van der Waals surface area (Å²) in [5.41, 5.74) is 0. The van der Waals surface area contributed by atoms with Crippen molar-refractivity contribution < 1.29 is 28.9 Å². The van der Waals surface area contributed by atoms with Crippen LogP contribution < -0.4 is 0 Å². The molecular formula is C35H60O6. The Labute approximate surface area is 251 Å². The lowest BCUT2D eigenvalue weighted by Crippen LogP contribution is -2.25. The van der Waals surface area contributed by atoms with Gasteiger partial charge in [0.15, 0.2) is 0 Å². The molecule has 0 radical (unpaired) electrons. The van der Waals surface area contributed by atoms with E-state index >= 15 is 0 Å². The molecule has 6 heteroatoms. The molecule has 0 aromatic rings. The van der Waals surface area contributed by atoms with Gasteiger partial charge in [0.05, 0.1) is 12.2 Å². The Kier molecular flexibility index (Phi) is 24.4. The normalized spacial score (nSPS) is 17.5. The Hall–Kier alpha value is -1.92. The first-order valence-electron chi connectivity index (χ1n) is 16.7. The molecule has 0 saturated carbocycles. The van der Waals surface area contributed by atoms with Crippen molar-refractivity contribution in [1.82, 2.24) is 0 Å². The molecule has 0 bridgehead atoms. The molecule has 1 aliphatic rings. The smallest absolute Gasteiger partial charge is 0.305 e. The summed E-state index contributed by atoms with van der Waals surface area (Å²) < 4.78 is 15.9. The van der Waals surface area contributed by atoms with Gasteiger partial charge < -0.3 is 19.3 Å². The van der Waals surface area contributed by atoms with Crippen LogP contribution >= 0.6 is 0 Å². The number of unbranched alkanes of at least 4 members (excludes halogenated alkanes) is 12. The van der Waals surface area contributed by atoms with Crippen molar-refractivity contribution in [1.29, 1.82) is 0 Å². The maximum Gasteiger partial charge on any atom is 0.305 e. The number of epoxide rings is 1. The molecule has 2 unspecified atom stereocenters. The lowest BCUT2D eigenvalue weighted by Gasteiger charge is -2.12. The Bertz CT molecular complexity index is 728. The van der Waals surface area contributed by atoms with Gasteiger partial charge in [-0.25, -0.2) is 0 Å². The molecule has 1 fully saturated rings. The minimum Gasteiger partial charge on any atom is -0.463 e. The lowest BCUT2D eigenvalue weighted by molar-refractivity contribution is -0.152. The molecule has 41 heavy (non-hydrogen) atoms. The summed E-state index contributed by atoms with van der Waals surface area (Å²) in [6.07, 6.45) is 33.7. The van der Waals surface area contributed by atoms with E-state index in [9.17, 15) is 14.7 Å². The summed E-state index contributed by atoms with van der Waals surface area (Å²) in [5.74, 6) is -0.642. The van der Waals surface area contributed by atoms with Crippen LogP contribution in [0.3, 0.4) is 0 Å². The summed E-state index contributed by atoms with van der Waals surface area (Å²) in [5, 5.41) is 9.94. The number of hydrogen-bond donors (Lipinski definition) is 1. The maximum atomic E-state index is 11.9. The van der Waals surface area contributed by atoms with Crippen LogP contribution in [0.2, 0.25) is 0 Å². The summed E-state index contributed by atoms with van der Waals surface area (Å²) in [6, 6.07) is 0. The van der Waals surface area contributed by atoms with Gasteiger partial charge in [0, 0.05) is 12.8 Å². The van der Waals surface area contributed by atoms with E-state index in [0.717, 1.165) is 44.9 Å². The number of carbonyl (C=O) groups is 2. The first-order valence-corrected chi connectivity index (χ1v) is 16.7. The number of aliphatic hydroxyl groups excluding tert-OH is 1. The van der Waals surface area contributed by atoms with Crippen LogP contribution in [0.1, 0.15) is 142 Å². The number of aliphatic hydroxyl groups is 1. The minimum atomic E-state index is -0.987. The van der Waals surface area contributed by atoms with E-state index in [4.69, 9.17) is 14.2 Å². The van der Waals surface area contributed by atoms with Crippen LogP contribution in [0.4, 0.5) is 0 Å². The van der Waals surface area contributed by atoms with Crippen LogP contribution in [0.5, 0.6) is 0 Å². The highest BCUT2D eigenvalue weighted by molar-refractivity contribution is 5.69. The largest absolute Gasteiger partial charge is 0.463 e. The molecule has 0 amide bonds. The van der Waals surface area contributed by atoms with Gasteiger partial charge in [-0.1, -0.05) is 115 Å². The van der Waals surface area contributed by atoms with E-state index in [-0.39, 0.29) is 25.2 Å². The number of hydrogen-bond acceptors (Lipinski definition) is 6. The van der Waals surface area contributed by atoms with Crippen molar-refractivity contribution in [2.75, 3.05) is 13.2 Å². The fourth-order valence-corrected chi connectivity index (χ4v) is 4.59. The van der Waals surface area contributed by atoms with Crippen LogP contribution in [0, 0.1) is 0 Å². The average molecular weight is 577 g/mol. The number of carbonyl (C=O) groups excluding carboxylic acids is 2. The van der Waals surface area contributed by atoms with Gasteiger partial charge in [-0.2, -0.15) is 0 Å². The third-order valence-electron chi connectivity index (χ3n) is 7.28. The second kappa shape index (κ2) is 26.9. The minimum absolute atomic E-state index is 0.136. The Balaban J connectivity index is 1.91. The van der Waals surface area contributed by atoms with E-state index in [1.165, 1.54) is 64.2 Å². The molecule has 1 saturated heterocycles. The molecule has 0 spiro atoms. The van der Waals surface area contributed by atoms with Crippen molar-refractivity contribution >= 4 is 11.9 Å². The Morgan fingerprint density at radius 3 is 1.73 bits per heavy atom. The third-order valence-corrected chi connectivity index (χ3v) is 7.28. The van der Waals surface area contributed by atoms with Gasteiger partial charge in [0.2, 0.25) is 0 Å². The number of rotatable bonds is 28. The molecule has 0 aromatic carbocycles. The molecule has 3 atom stereocenters. The topological polar surface area (TPSA) is 85.4 Å². The molecule has 6 nitrogen and oxygen atoms in total. The fraction of sp³-hybridized carbons (Fsp3) is 0.771. The lowest BCUT2D eigenvalue weighted by atomic mass is 10.1. The van der Waals surface area contributed by atoms with Crippen LogP contribution in [-0.4, -0.2) is 48.6 Å². The van der Waals surface area contributed by atoms with E-state index in [2.05, 4.69) is 50.3 Å². The van der Waals surface area contributed by atoms with Crippen LogP contribution in [0.25, 0.3) is 0 Å². The summed E-state index contributed by atoms with van der Waals surface area (Å²) in [7, 11) is 0. The molecular weight excluding hydrogens is 516 g/mol. The van der Waals surface area contributed by atoms with E-state index in [1.807, 2.05) is 0 Å². The monoisotopic (exact) mass is 576 g/mol. The highest BCUT2D eigenvalue weighted by Crippen LogP contribution is 2.29. The number of allylic oxidation sites excluding steroid dienone is 4. The molecule has 1 rings (SSSR count). The van der Waals surface area contributed by atoms with Gasteiger partial charge >= 0.3 is 11.9 Å². The van der Waals surface area contributed by atoms with Crippen molar-refractivity contribution in [2.24, 2.45) is 0 Å². The predicted octanol–water partition coefficient (Wildman–Crippen LogP) is 8.71. The zero-order valence-corrected chi connectivity index (χ0v) is 26.2. The summed E-state index contributed by atoms with van der Waals surface area (Å²) in [6.45, 7) is 4.17. The molecule has 236 valence electrons.